The van der Waals surface area contributed by atoms with Crippen LogP contribution in [0.1, 0.15) is 143 Å². The highest BCUT2D eigenvalue weighted by Crippen LogP contribution is 2.12. The number of nitrogens with two attached hydrogens (primary N) is 1. The second kappa shape index (κ2) is 49.8. The third-order valence-electron chi connectivity index (χ3n) is 13.6. The molecule has 0 aromatic rings. The monoisotopic (exact) mass is 1390 g/mol. The predicted molar refractivity (Wildman–Crippen MR) is 325 cm³/mol. The summed E-state index contributed by atoms with van der Waals surface area (Å²) in [5.41, 5.74) is 5.17. The molecule has 548 valence electrons. The first kappa shape index (κ1) is 87.3. The van der Waals surface area contributed by atoms with Crippen molar-refractivity contribution < 1.29 is 145 Å². The number of carbonyl (C=O) groups is 18. The van der Waals surface area contributed by atoms with Crippen molar-refractivity contribution in [3.63, 3.8) is 0 Å². The maximum absolute atomic E-state index is 13.2. The van der Waals surface area contributed by atoms with Gasteiger partial charge in [-0.3, -0.25) is 47.9 Å². The molecule has 0 aliphatic carbocycles. The minimum absolute atomic E-state index is 0.0406. The molecule has 39 heteroatoms. The number of esters is 3. The fourth-order valence-electron chi connectivity index (χ4n) is 8.19. The summed E-state index contributed by atoms with van der Waals surface area (Å²) in [7, 11) is 0. The van der Waals surface area contributed by atoms with E-state index in [1.54, 1.807) is 20.8 Å². The Balaban J connectivity index is 5.77. The minimum atomic E-state index is -1.82. The fourth-order valence-corrected chi connectivity index (χ4v) is 8.19. The van der Waals surface area contributed by atoms with Crippen LogP contribution in [0.15, 0.2) is 0 Å². The van der Waals surface area contributed by atoms with Crippen LogP contribution in [0.3, 0.4) is 0 Å². The first-order chi connectivity index (χ1) is 45.7. The van der Waals surface area contributed by atoms with Gasteiger partial charge in [0, 0.05) is 77.6 Å². The molecule has 0 aromatic heterocycles. The molecule has 16 N–H and O–H groups in total. The van der Waals surface area contributed by atoms with Gasteiger partial charge in [0.25, 0.3) is 0 Å². The molecule has 0 bridgehead atoms. The summed E-state index contributed by atoms with van der Waals surface area (Å²) in [6.45, 7) is 6.22. The highest BCUT2D eigenvalue weighted by atomic mass is 16.6. The number of rotatable bonds is 56. The van der Waals surface area contributed by atoms with Gasteiger partial charge in [-0.2, -0.15) is 0 Å². The summed E-state index contributed by atoms with van der Waals surface area (Å²) in [5.74, 6) is -21.9. The molecule has 9 amide bonds. The van der Waals surface area contributed by atoms with Crippen LogP contribution in [0, 0.1) is 5.92 Å². The maximum atomic E-state index is 13.2. The molecular formula is C58H91N9O30. The standard InChI is InChI=1S/C58H91N9O30/c1-5-92-26-29-95-56(89)38(9-17-41(59)68)65-47(74)21-13-36(54(85)86)61-43(70)19-10-34(52(81)82)63-46(73)25-16-40(58(91)97-31-28-94-7-3)67-49(76)23-14-37(55(87)88)62-44(71)20-11-35(53(83)84)64-45(72)24-15-39(57(90)96-30-27-93-6-2)66-48(75)22-12-33(51(79)80)60-42(69)18-8-32(4)50(77)78/h32-40H,5-31H2,1-4H3,(H2,59,68)(H,60,69)(H,61,70)(H,62,71)(H,63,73)(H,64,72)(H,65,74)(H,66,75)(H,67,76)(H,77,78)(H,79,80)(H,81,82)(H,83,84)(H,85,86)(H,87,88). The molecule has 9 unspecified atom stereocenters. The topological polar surface area (TPSA) is 606 Å². The molecule has 0 aliphatic heterocycles. The first-order valence-corrected chi connectivity index (χ1v) is 31.0. The van der Waals surface area contributed by atoms with Crippen molar-refractivity contribution in [2.75, 3.05) is 59.5 Å². The molecule has 0 aromatic carbocycles. The van der Waals surface area contributed by atoms with Gasteiger partial charge in [0.05, 0.1) is 25.7 Å². The largest absolute Gasteiger partial charge is 0.481 e. The zero-order chi connectivity index (χ0) is 73.6. The zero-order valence-corrected chi connectivity index (χ0v) is 54.3. The number of carboxylic acid groups (broad SMARTS) is 6. The van der Waals surface area contributed by atoms with Gasteiger partial charge in [-0.1, -0.05) is 6.92 Å². The second-order valence-corrected chi connectivity index (χ2v) is 21.3. The SMILES string of the molecule is CCOCCOC(=O)C(CCC(N)=O)NC(=O)CCC(NC(=O)CCC(NC(=O)CCC(NC(=O)CCC(NC(=O)CCC(NC(=O)CCC(NC(=O)CCC(NC(=O)CCC(C)C(=O)O)C(=O)O)C(=O)OCCOCC)C(=O)O)C(=O)O)C(=O)OCCOCC)C(=O)O)C(=O)O. The average Bonchev–Trinajstić information content (AvgIpc) is 1.13. The molecule has 0 saturated heterocycles. The first-order valence-electron chi connectivity index (χ1n) is 31.0. The number of ether oxygens (including phenoxy) is 6. The third kappa shape index (κ3) is 41.7. The van der Waals surface area contributed by atoms with Crippen molar-refractivity contribution in [2.45, 2.75) is 192 Å². The Morgan fingerprint density at radius 3 is 0.649 bits per heavy atom. The van der Waals surface area contributed by atoms with E-state index in [2.05, 4.69) is 42.5 Å². The highest BCUT2D eigenvalue weighted by molar-refractivity contribution is 5.91. The molecule has 39 nitrogen and oxygen atoms in total. The van der Waals surface area contributed by atoms with E-state index in [1.165, 1.54) is 6.92 Å². The van der Waals surface area contributed by atoms with Crippen LogP contribution in [0.5, 0.6) is 0 Å². The number of hydrogen-bond donors (Lipinski definition) is 15. The highest BCUT2D eigenvalue weighted by Gasteiger charge is 2.32. The number of aliphatic carboxylic acids is 6. The van der Waals surface area contributed by atoms with Gasteiger partial charge in [0.1, 0.15) is 68.2 Å². The van der Waals surface area contributed by atoms with Gasteiger partial charge < -0.3 is 107 Å². The smallest absolute Gasteiger partial charge is 0.328 e. The van der Waals surface area contributed by atoms with E-state index < -0.39 is 251 Å². The van der Waals surface area contributed by atoms with E-state index in [4.69, 9.17) is 39.3 Å². The summed E-state index contributed by atoms with van der Waals surface area (Å²) in [5, 5.41) is 75.6. The van der Waals surface area contributed by atoms with Gasteiger partial charge >= 0.3 is 53.7 Å². The Hall–Kier alpha value is -9.66. The van der Waals surface area contributed by atoms with Crippen molar-refractivity contribution in [3.8, 4) is 0 Å². The summed E-state index contributed by atoms with van der Waals surface area (Å²) >= 11 is 0. The molecule has 0 heterocycles. The van der Waals surface area contributed by atoms with Crippen LogP contribution >= 0.6 is 0 Å². The number of carboxylic acids is 6. The van der Waals surface area contributed by atoms with E-state index in [9.17, 15) is 112 Å². The molecule has 97 heavy (non-hydrogen) atoms. The molecule has 0 aliphatic rings. The quantitative estimate of drug-likeness (QED) is 0.0158. The Bertz CT molecular complexity index is 2680. The summed E-state index contributed by atoms with van der Waals surface area (Å²) in [6.07, 6.45) is -9.68. The van der Waals surface area contributed by atoms with E-state index in [0.29, 0.717) is 6.61 Å². The number of amides is 9. The molecular weight excluding hydrogens is 1300 g/mol. The Morgan fingerprint density at radius 1 is 0.278 bits per heavy atom. The van der Waals surface area contributed by atoms with Crippen molar-refractivity contribution in [1.29, 1.82) is 0 Å². The van der Waals surface area contributed by atoms with Crippen LogP contribution in [-0.2, 0) is 115 Å². The predicted octanol–water partition coefficient (Wildman–Crippen LogP) is -3.75. The van der Waals surface area contributed by atoms with E-state index >= 15 is 0 Å². The van der Waals surface area contributed by atoms with Crippen molar-refractivity contribution in [2.24, 2.45) is 11.7 Å². The second-order valence-electron chi connectivity index (χ2n) is 21.3. The van der Waals surface area contributed by atoms with Crippen LogP contribution < -0.4 is 48.3 Å². The molecule has 9 atom stereocenters. The van der Waals surface area contributed by atoms with Crippen molar-refractivity contribution >= 4 is 107 Å². The zero-order valence-electron chi connectivity index (χ0n) is 54.3. The summed E-state index contributed by atoms with van der Waals surface area (Å²) in [4.78, 5) is 225. The average molecular weight is 1390 g/mol. The lowest BCUT2D eigenvalue weighted by atomic mass is 10.0. The number of nitrogens with one attached hydrogen (secondary N) is 8. The van der Waals surface area contributed by atoms with Crippen molar-refractivity contribution in [1.82, 2.24) is 42.5 Å². The van der Waals surface area contributed by atoms with E-state index in [0.717, 1.165) is 0 Å². The lowest BCUT2D eigenvalue weighted by Gasteiger charge is -2.20. The van der Waals surface area contributed by atoms with Crippen LogP contribution in [0.4, 0.5) is 0 Å². The van der Waals surface area contributed by atoms with Crippen LogP contribution in [0.25, 0.3) is 0 Å². The normalized spacial score (nSPS) is 13.6. The van der Waals surface area contributed by atoms with Crippen LogP contribution in [-0.4, -0.2) is 245 Å². The molecule has 0 spiro atoms. The van der Waals surface area contributed by atoms with E-state index in [1.807, 2.05) is 0 Å². The minimum Gasteiger partial charge on any atom is -0.481 e. The molecule has 0 rings (SSSR count). The Labute approximate surface area is 556 Å². The summed E-state index contributed by atoms with van der Waals surface area (Å²) in [6, 6.07) is -13.3. The maximum Gasteiger partial charge on any atom is 0.328 e. The van der Waals surface area contributed by atoms with Gasteiger partial charge in [-0.15, -0.1) is 0 Å². The number of carbonyl (C=O) groups excluding carboxylic acids is 12. The Kier molecular flexibility index (Phi) is 44.9. The van der Waals surface area contributed by atoms with Gasteiger partial charge in [0.15, 0.2) is 0 Å². The molecule has 0 saturated carbocycles. The number of hydrogen-bond acceptors (Lipinski definition) is 24. The fraction of sp³-hybridized carbons (Fsp3) is 0.690. The van der Waals surface area contributed by atoms with Crippen LogP contribution in [0.2, 0.25) is 0 Å². The lowest BCUT2D eigenvalue weighted by Crippen LogP contribution is -2.46. The van der Waals surface area contributed by atoms with Gasteiger partial charge in [-0.05, 0) is 78.6 Å². The molecule has 0 radical (unpaired) electrons. The van der Waals surface area contributed by atoms with Crippen molar-refractivity contribution in [3.05, 3.63) is 0 Å². The van der Waals surface area contributed by atoms with Gasteiger partial charge in [0.2, 0.25) is 53.2 Å². The number of primary amides is 1. The molecule has 0 fully saturated rings. The lowest BCUT2D eigenvalue weighted by molar-refractivity contribution is -0.150. The van der Waals surface area contributed by atoms with E-state index in [-0.39, 0.29) is 78.5 Å². The van der Waals surface area contributed by atoms with Gasteiger partial charge in [-0.25, -0.2) is 38.4 Å². The third-order valence-corrected chi connectivity index (χ3v) is 13.6. The Morgan fingerprint density at radius 2 is 0.464 bits per heavy atom. The summed E-state index contributed by atoms with van der Waals surface area (Å²) < 4.78 is 30.6.